The van der Waals surface area contributed by atoms with E-state index in [1.165, 1.54) is 10.6 Å². The molecule has 3 rings (SSSR count). The van der Waals surface area contributed by atoms with Crippen LogP contribution in [0.25, 0.3) is 5.65 Å². The Morgan fingerprint density at radius 2 is 2.00 bits per heavy atom. The molecule has 0 radical (unpaired) electrons. The normalized spacial score (nSPS) is 16.8. The molecule has 1 aliphatic rings. The number of nitrogens with zero attached hydrogens (tertiary/aromatic N) is 5. The van der Waals surface area contributed by atoms with Gasteiger partial charge in [0.2, 0.25) is 5.95 Å². The molecule has 0 saturated carbocycles. The molecule has 0 unspecified atom stereocenters. The maximum Gasteiger partial charge on any atom is 0.354 e. The molecular formula is C12H16N6O2. The molecule has 3 heterocycles. The second-order valence-electron chi connectivity index (χ2n) is 4.90. The summed E-state index contributed by atoms with van der Waals surface area (Å²) in [4.78, 5) is 19.8. The predicted octanol–water partition coefficient (Wildman–Crippen LogP) is -0.238. The Bertz CT molecular complexity index is 659. The van der Waals surface area contributed by atoms with Crippen molar-refractivity contribution >= 4 is 23.3 Å². The molecule has 0 atom stereocenters. The Hall–Kier alpha value is -2.35. The zero-order valence-corrected chi connectivity index (χ0v) is 11.2. The maximum atomic E-state index is 11.2. The van der Waals surface area contributed by atoms with E-state index in [1.807, 2.05) is 0 Å². The minimum absolute atomic E-state index is 0.0575. The third kappa shape index (κ3) is 2.03. The molecule has 2 aromatic rings. The first-order chi connectivity index (χ1) is 9.56. The Morgan fingerprint density at radius 3 is 2.65 bits per heavy atom. The minimum atomic E-state index is -1.05. The van der Waals surface area contributed by atoms with Gasteiger partial charge in [-0.2, -0.15) is 4.98 Å². The number of fused-ring (bicyclic) bond motifs is 1. The predicted molar refractivity (Wildman–Crippen MR) is 74.1 cm³/mol. The second kappa shape index (κ2) is 4.64. The SMILES string of the molecule is CN1CCN(c2ccc(C(=O)O)n3nc(N)nc23)CC1. The first-order valence-electron chi connectivity index (χ1n) is 6.38. The van der Waals surface area contributed by atoms with E-state index in [2.05, 4.69) is 26.9 Å². The first kappa shape index (κ1) is 12.7. The van der Waals surface area contributed by atoms with Crippen molar-refractivity contribution in [1.82, 2.24) is 19.5 Å². The van der Waals surface area contributed by atoms with E-state index in [-0.39, 0.29) is 11.6 Å². The molecule has 8 heteroatoms. The van der Waals surface area contributed by atoms with Crippen LogP contribution >= 0.6 is 0 Å². The monoisotopic (exact) mass is 276 g/mol. The van der Waals surface area contributed by atoms with Gasteiger partial charge in [-0.05, 0) is 19.2 Å². The van der Waals surface area contributed by atoms with Gasteiger partial charge in [0.1, 0.15) is 0 Å². The number of likely N-dealkylation sites (N-methyl/N-ethyl adjacent to an activating group) is 1. The van der Waals surface area contributed by atoms with Crippen molar-refractivity contribution in [3.63, 3.8) is 0 Å². The van der Waals surface area contributed by atoms with Crippen molar-refractivity contribution in [3.8, 4) is 0 Å². The van der Waals surface area contributed by atoms with Crippen LogP contribution in [-0.2, 0) is 0 Å². The number of carboxylic acid groups (broad SMARTS) is 1. The average molecular weight is 276 g/mol. The van der Waals surface area contributed by atoms with E-state index in [0.29, 0.717) is 5.65 Å². The summed E-state index contributed by atoms with van der Waals surface area (Å²) in [5.41, 5.74) is 7.04. The van der Waals surface area contributed by atoms with Gasteiger partial charge in [0, 0.05) is 26.2 Å². The number of pyridine rings is 1. The summed E-state index contributed by atoms with van der Waals surface area (Å²) >= 11 is 0. The molecule has 0 amide bonds. The summed E-state index contributed by atoms with van der Waals surface area (Å²) in [5.74, 6) is -0.973. The fraction of sp³-hybridized carbons (Fsp3) is 0.417. The number of carboxylic acids is 1. The van der Waals surface area contributed by atoms with Crippen molar-refractivity contribution in [2.45, 2.75) is 0 Å². The van der Waals surface area contributed by atoms with E-state index in [4.69, 9.17) is 5.73 Å². The van der Waals surface area contributed by atoms with Crippen LogP contribution < -0.4 is 10.6 Å². The van der Waals surface area contributed by atoms with Crippen LogP contribution in [0.15, 0.2) is 12.1 Å². The molecule has 2 aromatic heterocycles. The summed E-state index contributed by atoms with van der Waals surface area (Å²) < 4.78 is 1.30. The second-order valence-corrected chi connectivity index (χ2v) is 4.90. The molecule has 20 heavy (non-hydrogen) atoms. The van der Waals surface area contributed by atoms with Gasteiger partial charge in [-0.25, -0.2) is 9.31 Å². The van der Waals surface area contributed by atoms with Gasteiger partial charge in [0.25, 0.3) is 0 Å². The standard InChI is InChI=1S/C12H16N6O2/c1-16-4-6-17(7-5-16)8-2-3-9(11(19)20)18-10(8)14-12(13)15-18/h2-3H,4-7H2,1H3,(H2,13,15)(H,19,20). The van der Waals surface area contributed by atoms with E-state index >= 15 is 0 Å². The van der Waals surface area contributed by atoms with Crippen molar-refractivity contribution < 1.29 is 9.90 Å². The minimum Gasteiger partial charge on any atom is -0.477 e. The number of nitrogens with two attached hydrogens (primary N) is 1. The Labute approximate surface area is 115 Å². The molecular weight excluding hydrogens is 260 g/mol. The molecule has 1 fully saturated rings. The number of piperazine rings is 1. The fourth-order valence-corrected chi connectivity index (χ4v) is 2.42. The number of carbonyl (C=O) groups is 1. The molecule has 0 aliphatic carbocycles. The Kier molecular flexibility index (Phi) is 2.94. The van der Waals surface area contributed by atoms with E-state index in [0.717, 1.165) is 31.9 Å². The lowest BCUT2D eigenvalue weighted by molar-refractivity contribution is 0.0687. The van der Waals surface area contributed by atoms with Gasteiger partial charge >= 0.3 is 5.97 Å². The van der Waals surface area contributed by atoms with Crippen molar-refractivity contribution in [3.05, 3.63) is 17.8 Å². The summed E-state index contributed by atoms with van der Waals surface area (Å²) in [6.45, 7) is 3.64. The van der Waals surface area contributed by atoms with Crippen molar-refractivity contribution in [2.24, 2.45) is 0 Å². The van der Waals surface area contributed by atoms with E-state index in [1.54, 1.807) is 6.07 Å². The van der Waals surface area contributed by atoms with Gasteiger partial charge < -0.3 is 20.6 Å². The topological polar surface area (TPSA) is 100.0 Å². The average Bonchev–Trinajstić information content (AvgIpc) is 2.79. The van der Waals surface area contributed by atoms with Gasteiger partial charge in [-0.15, -0.1) is 5.10 Å². The maximum absolute atomic E-state index is 11.2. The van der Waals surface area contributed by atoms with Gasteiger partial charge in [-0.1, -0.05) is 0 Å². The Balaban J connectivity index is 2.08. The van der Waals surface area contributed by atoms with Crippen LogP contribution in [0.4, 0.5) is 11.6 Å². The van der Waals surface area contributed by atoms with Crippen LogP contribution in [0.5, 0.6) is 0 Å². The number of aromatic nitrogens is 3. The highest BCUT2D eigenvalue weighted by atomic mass is 16.4. The molecule has 1 aliphatic heterocycles. The molecule has 3 N–H and O–H groups in total. The molecule has 106 valence electrons. The number of rotatable bonds is 2. The third-order valence-corrected chi connectivity index (χ3v) is 3.54. The lowest BCUT2D eigenvalue weighted by Gasteiger charge is -2.34. The number of hydrogen-bond donors (Lipinski definition) is 2. The van der Waals surface area contributed by atoms with Crippen LogP contribution in [-0.4, -0.2) is 63.8 Å². The number of nitrogen functional groups attached to an aromatic ring is 1. The van der Waals surface area contributed by atoms with Crippen molar-refractivity contribution in [2.75, 3.05) is 43.9 Å². The van der Waals surface area contributed by atoms with Gasteiger partial charge in [0.05, 0.1) is 5.69 Å². The summed E-state index contributed by atoms with van der Waals surface area (Å²) in [5, 5.41) is 13.1. The summed E-state index contributed by atoms with van der Waals surface area (Å²) in [6, 6.07) is 3.31. The van der Waals surface area contributed by atoms with Crippen LogP contribution in [0, 0.1) is 0 Å². The smallest absolute Gasteiger partial charge is 0.354 e. The van der Waals surface area contributed by atoms with Crippen LogP contribution in [0.1, 0.15) is 10.5 Å². The zero-order chi connectivity index (χ0) is 14.3. The Morgan fingerprint density at radius 1 is 1.30 bits per heavy atom. The number of hydrogen-bond acceptors (Lipinski definition) is 6. The summed E-state index contributed by atoms with van der Waals surface area (Å²) in [6.07, 6.45) is 0. The molecule has 0 aromatic carbocycles. The highest BCUT2D eigenvalue weighted by molar-refractivity contribution is 5.88. The van der Waals surface area contributed by atoms with E-state index < -0.39 is 5.97 Å². The molecule has 0 spiro atoms. The largest absolute Gasteiger partial charge is 0.477 e. The van der Waals surface area contributed by atoms with E-state index in [9.17, 15) is 9.90 Å². The lowest BCUT2D eigenvalue weighted by Crippen LogP contribution is -2.44. The van der Waals surface area contributed by atoms with Crippen LogP contribution in [0.2, 0.25) is 0 Å². The third-order valence-electron chi connectivity index (χ3n) is 3.54. The first-order valence-corrected chi connectivity index (χ1v) is 6.38. The highest BCUT2D eigenvalue weighted by Crippen LogP contribution is 2.23. The number of anilines is 2. The zero-order valence-electron chi connectivity index (χ0n) is 11.2. The van der Waals surface area contributed by atoms with Crippen LogP contribution in [0.3, 0.4) is 0 Å². The highest BCUT2D eigenvalue weighted by Gasteiger charge is 2.21. The quantitative estimate of drug-likeness (QED) is 0.780. The van der Waals surface area contributed by atoms with Gasteiger partial charge in [0.15, 0.2) is 11.3 Å². The molecule has 1 saturated heterocycles. The number of aromatic carboxylic acids is 1. The lowest BCUT2D eigenvalue weighted by atomic mass is 10.2. The fourth-order valence-electron chi connectivity index (χ4n) is 2.42. The van der Waals surface area contributed by atoms with Gasteiger partial charge in [-0.3, -0.25) is 0 Å². The molecule has 0 bridgehead atoms. The van der Waals surface area contributed by atoms with Crippen molar-refractivity contribution in [1.29, 1.82) is 0 Å². The molecule has 8 nitrogen and oxygen atoms in total. The summed E-state index contributed by atoms with van der Waals surface area (Å²) in [7, 11) is 2.08.